The minimum atomic E-state index is -4.57. The van der Waals surface area contributed by atoms with E-state index in [1.54, 1.807) is 0 Å². The summed E-state index contributed by atoms with van der Waals surface area (Å²) in [5, 5.41) is 0. The molecule has 0 aliphatic carbocycles. The normalized spacial score (nSPS) is 22.2. The van der Waals surface area contributed by atoms with E-state index in [4.69, 9.17) is 0 Å². The molecule has 0 fully saturated rings. The molecule has 0 saturated carbocycles. The fourth-order valence-corrected chi connectivity index (χ4v) is 2.74. The fraction of sp³-hybridized carbons (Fsp3) is 0.400. The van der Waals surface area contributed by atoms with Crippen LogP contribution in [0.4, 0.5) is 13.2 Å². The van der Waals surface area contributed by atoms with E-state index in [-0.39, 0.29) is 17.7 Å². The van der Waals surface area contributed by atoms with Crippen LogP contribution in [0, 0.1) is 5.92 Å². The number of aliphatic imine (C=N–C) groups is 1. The Morgan fingerprint density at radius 3 is 2.55 bits per heavy atom. The third-order valence-corrected chi connectivity index (χ3v) is 3.67. The Balaban J connectivity index is 2.57. The summed E-state index contributed by atoms with van der Waals surface area (Å²) in [6, 6.07) is 4.94. The van der Waals surface area contributed by atoms with Gasteiger partial charge in [0, 0.05) is 18.1 Å². The predicted molar refractivity (Wildman–Crippen MR) is 72.4 cm³/mol. The summed E-state index contributed by atoms with van der Waals surface area (Å²) >= 11 is 0. The van der Waals surface area contributed by atoms with E-state index < -0.39 is 35.5 Å². The number of carbonyl (C=O) groups is 2. The van der Waals surface area contributed by atoms with Gasteiger partial charge in [-0.2, -0.15) is 13.2 Å². The maximum absolute atomic E-state index is 13.2. The van der Waals surface area contributed by atoms with Crippen LogP contribution in [-0.4, -0.2) is 24.7 Å². The number of esters is 1. The number of halogens is 3. The van der Waals surface area contributed by atoms with Crippen LogP contribution in [-0.2, 0) is 20.5 Å². The molecule has 0 saturated heterocycles. The summed E-state index contributed by atoms with van der Waals surface area (Å²) in [5.41, 5.74) is -0.769. The Bertz CT molecular complexity index is 637. The third kappa shape index (κ3) is 3.03. The van der Waals surface area contributed by atoms with Gasteiger partial charge in [-0.25, -0.2) is 4.99 Å². The van der Waals surface area contributed by atoms with Gasteiger partial charge >= 0.3 is 12.1 Å². The van der Waals surface area contributed by atoms with Crippen molar-refractivity contribution in [1.29, 1.82) is 0 Å². The van der Waals surface area contributed by atoms with Crippen LogP contribution in [0.25, 0.3) is 0 Å². The van der Waals surface area contributed by atoms with E-state index in [0.717, 1.165) is 13.2 Å². The van der Waals surface area contributed by atoms with Crippen LogP contribution in [0.5, 0.6) is 0 Å². The number of benzene rings is 1. The summed E-state index contributed by atoms with van der Waals surface area (Å²) in [4.78, 5) is 27.3. The van der Waals surface area contributed by atoms with E-state index in [2.05, 4.69) is 9.73 Å². The van der Waals surface area contributed by atoms with Crippen LogP contribution in [0.3, 0.4) is 0 Å². The molecule has 1 aliphatic heterocycles. The second-order valence-corrected chi connectivity index (χ2v) is 5.04. The molecule has 22 heavy (non-hydrogen) atoms. The molecule has 1 heterocycles. The van der Waals surface area contributed by atoms with Gasteiger partial charge in [0.1, 0.15) is 5.92 Å². The molecule has 0 radical (unpaired) electrons. The molecule has 2 rings (SSSR count). The van der Waals surface area contributed by atoms with Crippen LogP contribution >= 0.6 is 0 Å². The highest BCUT2D eigenvalue weighted by molar-refractivity contribution is 6.08. The molecule has 7 heteroatoms. The summed E-state index contributed by atoms with van der Waals surface area (Å²) in [6.45, 7) is 1.45. The molecule has 1 amide bonds. The Labute approximate surface area is 125 Å². The van der Waals surface area contributed by atoms with Crippen molar-refractivity contribution in [3.8, 4) is 0 Å². The van der Waals surface area contributed by atoms with E-state index in [9.17, 15) is 22.8 Å². The highest BCUT2D eigenvalue weighted by atomic mass is 19.4. The lowest BCUT2D eigenvalue weighted by Crippen LogP contribution is -2.35. The van der Waals surface area contributed by atoms with Gasteiger partial charge in [-0.3, -0.25) is 9.59 Å². The first-order valence-electron chi connectivity index (χ1n) is 6.57. The summed E-state index contributed by atoms with van der Waals surface area (Å²) in [7, 11) is 1.15. The minimum absolute atomic E-state index is 0.0898. The quantitative estimate of drug-likeness (QED) is 0.789. The smallest absolute Gasteiger partial charge is 0.416 e. The summed E-state index contributed by atoms with van der Waals surface area (Å²) in [6.07, 6.45) is -4.83. The SMILES string of the molecule is COC(=O)C1C(C)=NC(=O)CC1c1ccccc1C(F)(F)F. The van der Waals surface area contributed by atoms with Gasteiger partial charge in [0.25, 0.3) is 0 Å². The van der Waals surface area contributed by atoms with Crippen molar-refractivity contribution in [1.82, 2.24) is 0 Å². The number of alkyl halides is 3. The van der Waals surface area contributed by atoms with Crippen molar-refractivity contribution in [2.24, 2.45) is 10.9 Å². The second-order valence-electron chi connectivity index (χ2n) is 5.04. The minimum Gasteiger partial charge on any atom is -0.468 e. The molecular formula is C15H14F3NO3. The van der Waals surface area contributed by atoms with E-state index >= 15 is 0 Å². The van der Waals surface area contributed by atoms with Gasteiger partial charge in [0.05, 0.1) is 12.7 Å². The van der Waals surface area contributed by atoms with E-state index in [1.165, 1.54) is 25.1 Å². The van der Waals surface area contributed by atoms with Crippen molar-refractivity contribution in [3.05, 3.63) is 35.4 Å². The van der Waals surface area contributed by atoms with E-state index in [0.29, 0.717) is 0 Å². The van der Waals surface area contributed by atoms with Crippen LogP contribution in [0.15, 0.2) is 29.3 Å². The fourth-order valence-electron chi connectivity index (χ4n) is 2.74. The summed E-state index contributed by atoms with van der Waals surface area (Å²) in [5.74, 6) is -3.17. The number of hydrogen-bond donors (Lipinski definition) is 0. The molecule has 0 spiro atoms. The topological polar surface area (TPSA) is 55.7 Å². The molecule has 0 aromatic heterocycles. The van der Waals surface area contributed by atoms with Gasteiger partial charge in [0.2, 0.25) is 5.91 Å². The van der Waals surface area contributed by atoms with Crippen molar-refractivity contribution in [2.45, 2.75) is 25.4 Å². The standard InChI is InChI=1S/C15H14F3NO3/c1-8-13(14(21)22-2)10(7-12(20)19-8)9-5-3-4-6-11(9)15(16,17)18/h3-6,10,13H,7H2,1-2H3. The zero-order valence-electron chi connectivity index (χ0n) is 12.0. The van der Waals surface area contributed by atoms with Crippen LogP contribution in [0.1, 0.15) is 30.4 Å². The van der Waals surface area contributed by atoms with Gasteiger partial charge in [0.15, 0.2) is 0 Å². The third-order valence-electron chi connectivity index (χ3n) is 3.67. The lowest BCUT2D eigenvalue weighted by atomic mass is 9.77. The number of hydrogen-bond acceptors (Lipinski definition) is 3. The molecular weight excluding hydrogens is 299 g/mol. The summed E-state index contributed by atoms with van der Waals surface area (Å²) < 4.78 is 44.2. The number of carbonyl (C=O) groups excluding carboxylic acids is 2. The maximum atomic E-state index is 13.2. The molecule has 1 aromatic carbocycles. The molecule has 2 atom stereocenters. The monoisotopic (exact) mass is 313 g/mol. The Kier molecular flexibility index (Phi) is 4.35. The van der Waals surface area contributed by atoms with Gasteiger partial charge < -0.3 is 4.74 Å². The molecule has 0 bridgehead atoms. The zero-order valence-corrected chi connectivity index (χ0v) is 12.0. The first kappa shape index (κ1) is 16.2. The van der Waals surface area contributed by atoms with Crippen LogP contribution < -0.4 is 0 Å². The van der Waals surface area contributed by atoms with E-state index in [1.807, 2.05) is 0 Å². The van der Waals surface area contributed by atoms with Gasteiger partial charge in [-0.05, 0) is 18.6 Å². The zero-order chi connectivity index (χ0) is 16.5. The highest BCUT2D eigenvalue weighted by Gasteiger charge is 2.42. The van der Waals surface area contributed by atoms with Gasteiger partial charge in [-0.15, -0.1) is 0 Å². The van der Waals surface area contributed by atoms with Crippen molar-refractivity contribution in [2.75, 3.05) is 7.11 Å². The first-order valence-corrected chi connectivity index (χ1v) is 6.57. The second kappa shape index (κ2) is 5.90. The van der Waals surface area contributed by atoms with Gasteiger partial charge in [-0.1, -0.05) is 18.2 Å². The maximum Gasteiger partial charge on any atom is 0.416 e. The molecule has 118 valence electrons. The molecule has 4 nitrogen and oxygen atoms in total. The average molecular weight is 313 g/mol. The molecule has 1 aromatic rings. The average Bonchev–Trinajstić information content (AvgIpc) is 2.45. The first-order chi connectivity index (χ1) is 10.3. The molecule has 2 unspecified atom stereocenters. The van der Waals surface area contributed by atoms with Crippen LogP contribution in [0.2, 0.25) is 0 Å². The van der Waals surface area contributed by atoms with Crippen molar-refractivity contribution in [3.63, 3.8) is 0 Å². The van der Waals surface area contributed by atoms with Crippen molar-refractivity contribution < 1.29 is 27.5 Å². The lowest BCUT2D eigenvalue weighted by molar-refractivity contribution is -0.145. The number of methoxy groups -OCH3 is 1. The molecule has 1 aliphatic rings. The number of nitrogens with zero attached hydrogens (tertiary/aromatic N) is 1. The Morgan fingerprint density at radius 1 is 1.32 bits per heavy atom. The number of rotatable bonds is 2. The number of ether oxygens (including phenoxy) is 1. The Hall–Kier alpha value is -2.18. The number of amides is 1. The van der Waals surface area contributed by atoms with Crippen molar-refractivity contribution >= 4 is 17.6 Å². The Morgan fingerprint density at radius 2 is 1.95 bits per heavy atom. The highest BCUT2D eigenvalue weighted by Crippen LogP contribution is 2.41. The largest absolute Gasteiger partial charge is 0.468 e. The lowest BCUT2D eigenvalue weighted by Gasteiger charge is -2.29. The predicted octanol–water partition coefficient (Wildman–Crippen LogP) is 2.97. The molecule has 0 N–H and O–H groups in total.